The monoisotopic (exact) mass is 248 g/mol. The van der Waals surface area contributed by atoms with E-state index in [1.165, 1.54) is 5.69 Å². The Balaban J connectivity index is 1.79. The van der Waals surface area contributed by atoms with Gasteiger partial charge in [0.2, 0.25) is 0 Å². The fourth-order valence-corrected chi connectivity index (χ4v) is 2.34. The van der Waals surface area contributed by atoms with E-state index >= 15 is 0 Å². The summed E-state index contributed by atoms with van der Waals surface area (Å²) in [4.78, 5) is 2.52. The molecule has 0 spiro atoms. The zero-order valence-corrected chi connectivity index (χ0v) is 11.4. The molecule has 1 aliphatic heterocycles. The van der Waals surface area contributed by atoms with Crippen LogP contribution >= 0.6 is 0 Å². The van der Waals surface area contributed by atoms with E-state index < -0.39 is 0 Å². The molecule has 0 bridgehead atoms. The first-order chi connectivity index (χ1) is 8.79. The van der Waals surface area contributed by atoms with E-state index in [-0.39, 0.29) is 0 Å². The van der Waals surface area contributed by atoms with Crippen molar-refractivity contribution in [1.29, 1.82) is 0 Å². The molecule has 1 aromatic rings. The average Bonchev–Trinajstić information content (AvgIpc) is 2.46. The normalized spacial score (nSPS) is 22.7. The van der Waals surface area contributed by atoms with E-state index in [0.717, 1.165) is 32.7 Å². The zero-order chi connectivity index (χ0) is 12.8. The fourth-order valence-electron chi connectivity index (χ4n) is 2.34. The predicted octanol–water partition coefficient (Wildman–Crippen LogP) is 2.60. The van der Waals surface area contributed by atoms with Gasteiger partial charge in [-0.3, -0.25) is 4.90 Å². The predicted molar refractivity (Wildman–Crippen MR) is 76.0 cm³/mol. The third-order valence-corrected chi connectivity index (χ3v) is 3.62. The van der Waals surface area contributed by atoms with Crippen molar-refractivity contribution < 1.29 is 4.74 Å². The second-order valence-corrected chi connectivity index (χ2v) is 4.99. The highest BCUT2D eigenvalue weighted by molar-refractivity contribution is 5.42. The second kappa shape index (κ2) is 6.76. The smallest absolute Gasteiger partial charge is 0.0700 e. The Hall–Kier alpha value is -1.06. The van der Waals surface area contributed by atoms with Crippen molar-refractivity contribution in [2.45, 2.75) is 32.4 Å². The number of hydrogen-bond acceptors (Lipinski definition) is 3. The molecule has 1 aromatic carbocycles. The summed E-state index contributed by atoms with van der Waals surface area (Å²) in [6, 6.07) is 10.9. The molecule has 0 aliphatic carbocycles. The molecule has 1 N–H and O–H groups in total. The second-order valence-electron chi connectivity index (χ2n) is 4.99. The first kappa shape index (κ1) is 13.4. The van der Waals surface area contributed by atoms with E-state index in [2.05, 4.69) is 48.3 Å². The van der Waals surface area contributed by atoms with Gasteiger partial charge < -0.3 is 10.1 Å². The summed E-state index contributed by atoms with van der Waals surface area (Å²) in [5.74, 6) is 0. The molecular formula is C15H24N2O. The van der Waals surface area contributed by atoms with Crippen LogP contribution in [0.2, 0.25) is 0 Å². The molecule has 1 heterocycles. The molecule has 1 fully saturated rings. The highest BCUT2D eigenvalue weighted by Gasteiger charge is 2.22. The lowest BCUT2D eigenvalue weighted by Gasteiger charge is -2.36. The van der Waals surface area contributed by atoms with Crippen LogP contribution in [-0.4, -0.2) is 43.3 Å². The molecule has 100 valence electrons. The Bertz CT molecular complexity index is 342. The molecule has 3 heteroatoms. The molecular weight excluding hydrogens is 224 g/mol. The number of morpholine rings is 1. The summed E-state index contributed by atoms with van der Waals surface area (Å²) in [6.45, 7) is 8.45. The standard InChI is InChI=1S/C15H24N2O/c1-3-15-12-17(9-10-18-15)13(2)11-16-14-7-5-4-6-8-14/h4-8,13,15-16H,3,9-12H2,1-2H3. The lowest BCUT2D eigenvalue weighted by atomic mass is 10.1. The first-order valence-electron chi connectivity index (χ1n) is 6.94. The molecule has 0 aromatic heterocycles. The van der Waals surface area contributed by atoms with Crippen LogP contribution in [0.1, 0.15) is 20.3 Å². The molecule has 2 unspecified atom stereocenters. The van der Waals surface area contributed by atoms with Crippen LogP contribution in [-0.2, 0) is 4.74 Å². The van der Waals surface area contributed by atoms with Crippen LogP contribution in [0.4, 0.5) is 5.69 Å². The van der Waals surface area contributed by atoms with Crippen molar-refractivity contribution >= 4 is 5.69 Å². The van der Waals surface area contributed by atoms with Gasteiger partial charge in [0.05, 0.1) is 12.7 Å². The Morgan fingerprint density at radius 3 is 2.89 bits per heavy atom. The highest BCUT2D eigenvalue weighted by atomic mass is 16.5. The minimum absolute atomic E-state index is 0.415. The van der Waals surface area contributed by atoms with Gasteiger partial charge in [0.25, 0.3) is 0 Å². The number of nitrogens with one attached hydrogen (secondary N) is 1. The van der Waals surface area contributed by atoms with Gasteiger partial charge in [0.15, 0.2) is 0 Å². The SMILES string of the molecule is CCC1CN(C(C)CNc2ccccc2)CCO1. The van der Waals surface area contributed by atoms with E-state index in [9.17, 15) is 0 Å². The van der Waals surface area contributed by atoms with Crippen molar-refractivity contribution in [3.63, 3.8) is 0 Å². The first-order valence-corrected chi connectivity index (χ1v) is 6.94. The maximum absolute atomic E-state index is 5.71. The van der Waals surface area contributed by atoms with Gasteiger partial charge >= 0.3 is 0 Å². The molecule has 0 saturated carbocycles. The summed E-state index contributed by atoms with van der Waals surface area (Å²) >= 11 is 0. The summed E-state index contributed by atoms with van der Waals surface area (Å²) in [5.41, 5.74) is 1.20. The van der Waals surface area contributed by atoms with E-state index in [1.807, 2.05) is 6.07 Å². The molecule has 2 atom stereocenters. The molecule has 2 rings (SSSR count). The molecule has 18 heavy (non-hydrogen) atoms. The van der Waals surface area contributed by atoms with Crippen LogP contribution < -0.4 is 5.32 Å². The average molecular weight is 248 g/mol. The van der Waals surface area contributed by atoms with Crippen LogP contribution in [0, 0.1) is 0 Å². The highest BCUT2D eigenvalue weighted by Crippen LogP contribution is 2.12. The number of benzene rings is 1. The van der Waals surface area contributed by atoms with Gasteiger partial charge in [-0.15, -0.1) is 0 Å². The summed E-state index contributed by atoms with van der Waals surface area (Å²) < 4.78 is 5.71. The molecule has 0 amide bonds. The summed E-state index contributed by atoms with van der Waals surface area (Å²) in [5, 5.41) is 3.49. The van der Waals surface area contributed by atoms with Gasteiger partial charge in [-0.2, -0.15) is 0 Å². The topological polar surface area (TPSA) is 24.5 Å². The van der Waals surface area contributed by atoms with Crippen LogP contribution in [0.15, 0.2) is 30.3 Å². The number of anilines is 1. The minimum Gasteiger partial charge on any atom is -0.383 e. The molecule has 0 radical (unpaired) electrons. The third kappa shape index (κ3) is 3.72. The van der Waals surface area contributed by atoms with Crippen molar-refractivity contribution in [1.82, 2.24) is 4.90 Å². The van der Waals surface area contributed by atoms with Crippen molar-refractivity contribution in [3.8, 4) is 0 Å². The van der Waals surface area contributed by atoms with E-state index in [4.69, 9.17) is 4.74 Å². The van der Waals surface area contributed by atoms with Crippen LogP contribution in [0.3, 0.4) is 0 Å². The van der Waals surface area contributed by atoms with Gasteiger partial charge in [-0.1, -0.05) is 25.1 Å². The number of nitrogens with zero attached hydrogens (tertiary/aromatic N) is 1. The lowest BCUT2D eigenvalue weighted by Crippen LogP contribution is -2.48. The van der Waals surface area contributed by atoms with E-state index in [1.54, 1.807) is 0 Å². The maximum atomic E-state index is 5.71. The number of rotatable bonds is 5. The Morgan fingerprint density at radius 1 is 1.39 bits per heavy atom. The summed E-state index contributed by atoms with van der Waals surface area (Å²) in [6.07, 6.45) is 1.52. The van der Waals surface area contributed by atoms with Gasteiger partial charge in [-0.25, -0.2) is 0 Å². The van der Waals surface area contributed by atoms with Crippen LogP contribution in [0.5, 0.6) is 0 Å². The van der Waals surface area contributed by atoms with Gasteiger partial charge in [0.1, 0.15) is 0 Å². The molecule has 3 nitrogen and oxygen atoms in total. The van der Waals surface area contributed by atoms with Gasteiger partial charge in [0, 0.05) is 31.4 Å². The quantitative estimate of drug-likeness (QED) is 0.867. The Kier molecular flexibility index (Phi) is 5.02. The minimum atomic E-state index is 0.415. The Morgan fingerprint density at radius 2 is 2.17 bits per heavy atom. The maximum Gasteiger partial charge on any atom is 0.0700 e. The molecule has 1 saturated heterocycles. The lowest BCUT2D eigenvalue weighted by molar-refractivity contribution is -0.0402. The zero-order valence-electron chi connectivity index (χ0n) is 11.4. The van der Waals surface area contributed by atoms with Crippen molar-refractivity contribution in [3.05, 3.63) is 30.3 Å². The van der Waals surface area contributed by atoms with Crippen molar-refractivity contribution in [2.75, 3.05) is 31.6 Å². The van der Waals surface area contributed by atoms with E-state index in [0.29, 0.717) is 12.1 Å². The third-order valence-electron chi connectivity index (χ3n) is 3.62. The number of para-hydroxylation sites is 1. The summed E-state index contributed by atoms with van der Waals surface area (Å²) in [7, 11) is 0. The fraction of sp³-hybridized carbons (Fsp3) is 0.600. The number of hydrogen-bond donors (Lipinski definition) is 1. The van der Waals surface area contributed by atoms with Crippen molar-refractivity contribution in [2.24, 2.45) is 0 Å². The Labute approximate surface area is 110 Å². The molecule has 1 aliphatic rings. The van der Waals surface area contributed by atoms with Crippen LogP contribution in [0.25, 0.3) is 0 Å². The van der Waals surface area contributed by atoms with Gasteiger partial charge in [-0.05, 0) is 25.5 Å². The number of ether oxygens (including phenoxy) is 1. The largest absolute Gasteiger partial charge is 0.383 e.